The van der Waals surface area contributed by atoms with Gasteiger partial charge in [-0.3, -0.25) is 4.79 Å². The fraction of sp³-hybridized carbons (Fsp3) is 0.957. The highest BCUT2D eigenvalue weighted by Crippen LogP contribution is 2.47. The van der Waals surface area contributed by atoms with Gasteiger partial charge in [-0.05, 0) is 35.0 Å². The number of hydrogen-bond donors (Lipinski definition) is 0. The summed E-state index contributed by atoms with van der Waals surface area (Å²) >= 11 is 0. The summed E-state index contributed by atoms with van der Waals surface area (Å²) in [7, 11) is 0. The average Bonchev–Trinajstić information content (AvgIpc) is 2.29. The molecule has 0 aliphatic carbocycles. The van der Waals surface area contributed by atoms with E-state index in [9.17, 15) is 4.79 Å². The van der Waals surface area contributed by atoms with E-state index in [1.54, 1.807) is 0 Å². The van der Waals surface area contributed by atoms with Gasteiger partial charge in [-0.1, -0.05) is 83.1 Å². The number of esters is 1. The molecule has 26 heavy (non-hydrogen) atoms. The molecule has 0 fully saturated rings. The van der Waals surface area contributed by atoms with Gasteiger partial charge in [-0.15, -0.1) is 0 Å². The molecule has 156 valence electrons. The average molecular weight is 371 g/mol. The van der Waals surface area contributed by atoms with Crippen LogP contribution in [0.3, 0.4) is 0 Å². The molecule has 2 atom stereocenters. The Bertz CT molecular complexity index is 452. The van der Waals surface area contributed by atoms with E-state index >= 15 is 0 Å². The number of carbonyl (C=O) groups is 1. The number of rotatable bonds is 6. The smallest absolute Gasteiger partial charge is 0.314 e. The second kappa shape index (κ2) is 8.20. The number of carbonyl (C=O) groups excluding carboxylic acids is 1. The van der Waals surface area contributed by atoms with Gasteiger partial charge >= 0.3 is 5.97 Å². The summed E-state index contributed by atoms with van der Waals surface area (Å²) < 4.78 is 12.0. The molecule has 0 bridgehead atoms. The second-order valence-corrected chi connectivity index (χ2v) is 12.8. The fourth-order valence-corrected chi connectivity index (χ4v) is 2.93. The first-order valence-corrected chi connectivity index (χ1v) is 9.99. The maximum absolute atomic E-state index is 13.3. The molecule has 0 radical (unpaired) electrons. The topological polar surface area (TPSA) is 35.5 Å². The van der Waals surface area contributed by atoms with Crippen LogP contribution in [0.1, 0.15) is 103 Å². The first-order valence-electron chi connectivity index (χ1n) is 9.99. The zero-order chi connectivity index (χ0) is 21.2. The van der Waals surface area contributed by atoms with Gasteiger partial charge in [0.15, 0.2) is 0 Å². The fourth-order valence-electron chi connectivity index (χ4n) is 2.93. The third kappa shape index (κ3) is 9.39. The molecule has 0 aliphatic heterocycles. The Balaban J connectivity index is 5.51. The van der Waals surface area contributed by atoms with Gasteiger partial charge in [0, 0.05) is 6.42 Å². The monoisotopic (exact) mass is 370 g/mol. The van der Waals surface area contributed by atoms with Crippen molar-refractivity contribution in [1.29, 1.82) is 0 Å². The standard InChI is InChI=1S/C23H46O3/c1-19(2,3)14-17(25-16-21(7,8)9)26-18(24)23(13,22(10,11)12)15-20(4,5)6/h17H,14-16H2,1-13H3. The van der Waals surface area contributed by atoms with Crippen molar-refractivity contribution >= 4 is 5.97 Å². The van der Waals surface area contributed by atoms with Crippen molar-refractivity contribution in [3.05, 3.63) is 0 Å². The van der Waals surface area contributed by atoms with Gasteiger partial charge in [-0.25, -0.2) is 0 Å². The highest BCUT2D eigenvalue weighted by atomic mass is 16.7. The predicted molar refractivity (Wildman–Crippen MR) is 111 cm³/mol. The molecule has 0 N–H and O–H groups in total. The summed E-state index contributed by atoms with van der Waals surface area (Å²) in [5, 5.41) is 0. The molecule has 3 nitrogen and oxygen atoms in total. The van der Waals surface area contributed by atoms with Crippen molar-refractivity contribution in [3.8, 4) is 0 Å². The minimum atomic E-state index is -0.577. The van der Waals surface area contributed by atoms with Crippen LogP contribution in [-0.4, -0.2) is 18.9 Å². The summed E-state index contributed by atoms with van der Waals surface area (Å²) in [5.74, 6) is -0.150. The summed E-state index contributed by atoms with van der Waals surface area (Å²) in [5.41, 5.74) is -0.695. The molecule has 0 saturated carbocycles. The van der Waals surface area contributed by atoms with Crippen molar-refractivity contribution in [3.63, 3.8) is 0 Å². The Morgan fingerprint density at radius 2 is 1.19 bits per heavy atom. The first kappa shape index (κ1) is 25.4. The molecular weight excluding hydrogens is 324 g/mol. The molecule has 0 aromatic carbocycles. The molecule has 0 aromatic heterocycles. The summed E-state index contributed by atoms with van der Waals surface area (Å²) in [4.78, 5) is 13.3. The van der Waals surface area contributed by atoms with Gasteiger partial charge < -0.3 is 9.47 Å². The normalized spacial score (nSPS) is 17.6. The van der Waals surface area contributed by atoms with Crippen molar-refractivity contribution in [1.82, 2.24) is 0 Å². The molecule has 0 aromatic rings. The van der Waals surface area contributed by atoms with E-state index in [2.05, 4.69) is 83.1 Å². The van der Waals surface area contributed by atoms with Gasteiger partial charge in [0.05, 0.1) is 12.0 Å². The van der Waals surface area contributed by atoms with E-state index in [0.717, 1.165) is 6.42 Å². The highest BCUT2D eigenvalue weighted by molar-refractivity contribution is 5.77. The third-order valence-electron chi connectivity index (χ3n) is 4.71. The molecule has 0 saturated heterocycles. The highest BCUT2D eigenvalue weighted by Gasteiger charge is 2.48. The Hall–Kier alpha value is -0.570. The van der Waals surface area contributed by atoms with E-state index in [1.807, 2.05) is 6.92 Å². The molecule has 2 unspecified atom stereocenters. The minimum absolute atomic E-state index is 0.0188. The van der Waals surface area contributed by atoms with E-state index in [0.29, 0.717) is 13.0 Å². The van der Waals surface area contributed by atoms with E-state index < -0.39 is 11.7 Å². The van der Waals surface area contributed by atoms with Crippen molar-refractivity contribution in [2.24, 2.45) is 27.1 Å². The first-order chi connectivity index (χ1) is 11.2. The van der Waals surface area contributed by atoms with Gasteiger partial charge in [0.2, 0.25) is 6.29 Å². The lowest BCUT2D eigenvalue weighted by molar-refractivity contribution is -0.207. The Labute approximate surface area is 163 Å². The summed E-state index contributed by atoms with van der Waals surface area (Å²) in [6.45, 7) is 28.3. The number of hydrogen-bond acceptors (Lipinski definition) is 3. The quantitative estimate of drug-likeness (QED) is 0.379. The molecule has 0 amide bonds. The zero-order valence-corrected chi connectivity index (χ0v) is 19.9. The largest absolute Gasteiger partial charge is 0.435 e. The van der Waals surface area contributed by atoms with Crippen LogP contribution in [0.15, 0.2) is 0 Å². The predicted octanol–water partition coefficient (Wildman–Crippen LogP) is 6.84. The van der Waals surface area contributed by atoms with Crippen LogP contribution >= 0.6 is 0 Å². The summed E-state index contributed by atoms with van der Waals surface area (Å²) in [6, 6.07) is 0. The third-order valence-corrected chi connectivity index (χ3v) is 4.71. The van der Waals surface area contributed by atoms with Crippen molar-refractivity contribution < 1.29 is 14.3 Å². The minimum Gasteiger partial charge on any atom is -0.435 e. The van der Waals surface area contributed by atoms with Crippen LogP contribution in [0.4, 0.5) is 0 Å². The van der Waals surface area contributed by atoms with E-state index in [4.69, 9.17) is 9.47 Å². The molecule has 0 aliphatic rings. The lowest BCUT2D eigenvalue weighted by Crippen LogP contribution is -2.46. The maximum atomic E-state index is 13.3. The lowest BCUT2D eigenvalue weighted by atomic mass is 9.61. The Morgan fingerprint density at radius 1 is 0.731 bits per heavy atom. The second-order valence-electron chi connectivity index (χ2n) is 12.8. The Morgan fingerprint density at radius 3 is 1.50 bits per heavy atom. The molecular formula is C23H46O3. The van der Waals surface area contributed by atoms with Gasteiger partial charge in [-0.2, -0.15) is 0 Å². The molecule has 0 heterocycles. The Kier molecular flexibility index (Phi) is 8.02. The van der Waals surface area contributed by atoms with Crippen molar-refractivity contribution in [2.75, 3.05) is 6.61 Å². The van der Waals surface area contributed by atoms with Crippen LogP contribution in [0.2, 0.25) is 0 Å². The van der Waals surface area contributed by atoms with E-state index in [-0.39, 0.29) is 27.6 Å². The van der Waals surface area contributed by atoms with Crippen LogP contribution in [0, 0.1) is 27.1 Å². The lowest BCUT2D eigenvalue weighted by Gasteiger charge is -2.44. The number of ether oxygens (including phenoxy) is 2. The van der Waals surface area contributed by atoms with Crippen LogP contribution in [-0.2, 0) is 14.3 Å². The molecule has 0 rings (SSSR count). The van der Waals surface area contributed by atoms with Gasteiger partial charge in [0.1, 0.15) is 0 Å². The zero-order valence-electron chi connectivity index (χ0n) is 19.9. The van der Waals surface area contributed by atoms with Crippen LogP contribution in [0.25, 0.3) is 0 Å². The maximum Gasteiger partial charge on any atom is 0.314 e. The van der Waals surface area contributed by atoms with E-state index in [1.165, 1.54) is 0 Å². The SMILES string of the molecule is CC(C)(C)COC(CC(C)(C)C)OC(=O)C(C)(CC(C)(C)C)C(C)(C)C. The van der Waals surface area contributed by atoms with Gasteiger partial charge in [0.25, 0.3) is 0 Å². The van der Waals surface area contributed by atoms with Crippen molar-refractivity contribution in [2.45, 2.75) is 109 Å². The molecule has 3 heteroatoms. The summed E-state index contributed by atoms with van der Waals surface area (Å²) in [6.07, 6.45) is 0.942. The van der Waals surface area contributed by atoms with Crippen LogP contribution in [0.5, 0.6) is 0 Å². The van der Waals surface area contributed by atoms with Crippen LogP contribution < -0.4 is 0 Å². The molecule has 0 spiro atoms.